The number of nitrogens with zero attached hydrogens (tertiary/aromatic N) is 2. The van der Waals surface area contributed by atoms with Crippen LogP contribution in [0, 0.1) is 6.92 Å². The van der Waals surface area contributed by atoms with E-state index in [1.807, 2.05) is 6.20 Å². The largest absolute Gasteiger partial charge is 0.458 e. The summed E-state index contributed by atoms with van der Waals surface area (Å²) in [5.74, 6) is 0.299. The van der Waals surface area contributed by atoms with Crippen LogP contribution in [0.15, 0.2) is 42.9 Å². The van der Waals surface area contributed by atoms with Crippen LogP contribution < -0.4 is 5.32 Å². The number of hydrogen-bond acceptors (Lipinski definition) is 3. The van der Waals surface area contributed by atoms with Crippen molar-refractivity contribution in [2.75, 3.05) is 6.73 Å². The minimum atomic E-state index is -0.191. The molecule has 2 amide bonds. The summed E-state index contributed by atoms with van der Waals surface area (Å²) in [6.07, 6.45) is 6.62. The van der Waals surface area contributed by atoms with Crippen molar-refractivity contribution in [2.24, 2.45) is 0 Å². The second-order valence-corrected chi connectivity index (χ2v) is 11.4. The Bertz CT molecular complexity index is 1130. The lowest BCUT2D eigenvalue weighted by Gasteiger charge is -2.43. The normalized spacial score (nSPS) is 22.3. The van der Waals surface area contributed by atoms with E-state index in [2.05, 4.69) is 70.8 Å². The Kier molecular flexibility index (Phi) is 4.89. The van der Waals surface area contributed by atoms with E-state index in [1.165, 1.54) is 35.1 Å². The number of hydrogen-bond donors (Lipinski definition) is 1. The van der Waals surface area contributed by atoms with Crippen LogP contribution in [0.1, 0.15) is 86.9 Å². The van der Waals surface area contributed by atoms with Gasteiger partial charge in [-0.25, -0.2) is 4.79 Å². The molecule has 5 heteroatoms. The van der Waals surface area contributed by atoms with Crippen LogP contribution in [0.25, 0.3) is 0 Å². The Balaban J connectivity index is 1.44. The number of nitrogens with one attached hydrogen (secondary N) is 1. The number of carbonyl (C=O) groups is 1. The number of ether oxygens (including phenoxy) is 1. The van der Waals surface area contributed by atoms with E-state index >= 15 is 0 Å². The lowest BCUT2D eigenvalue weighted by Crippen LogP contribution is -2.45. The maximum Gasteiger partial charge on any atom is 0.327 e. The third-order valence-electron chi connectivity index (χ3n) is 8.08. The molecule has 0 unspecified atom stereocenters. The highest BCUT2D eigenvalue weighted by molar-refractivity contribution is 5.76. The van der Waals surface area contributed by atoms with Gasteiger partial charge in [0.1, 0.15) is 0 Å². The highest BCUT2D eigenvalue weighted by Crippen LogP contribution is 2.56. The van der Waals surface area contributed by atoms with Gasteiger partial charge in [-0.05, 0) is 83.9 Å². The molecule has 1 saturated heterocycles. The molecule has 1 aliphatic heterocycles. The summed E-state index contributed by atoms with van der Waals surface area (Å²) in [7, 11) is 0. The van der Waals surface area contributed by atoms with Gasteiger partial charge in [0.15, 0.2) is 12.6 Å². The minimum absolute atomic E-state index is 0.0126. The zero-order chi connectivity index (χ0) is 23.6. The topological polar surface area (TPSA) is 54.5 Å². The molecule has 5 nitrogen and oxygen atoms in total. The quantitative estimate of drug-likeness (QED) is 0.648. The number of amides is 2. The molecule has 0 bridgehead atoms. The molecular formula is C28H35N3O2. The molecule has 0 radical (unpaired) electrons. The first-order valence-electron chi connectivity index (χ1n) is 12.0. The molecule has 1 aromatic heterocycles. The fraction of sp³-hybridized carbons (Fsp3) is 0.500. The smallest absolute Gasteiger partial charge is 0.327 e. The third kappa shape index (κ3) is 3.71. The second kappa shape index (κ2) is 7.34. The van der Waals surface area contributed by atoms with Gasteiger partial charge in [0, 0.05) is 11.6 Å². The van der Waals surface area contributed by atoms with E-state index in [0.717, 1.165) is 24.1 Å². The van der Waals surface area contributed by atoms with E-state index in [1.54, 1.807) is 4.90 Å². The number of benzene rings is 1. The van der Waals surface area contributed by atoms with Crippen molar-refractivity contribution in [3.8, 4) is 0 Å². The minimum Gasteiger partial charge on any atom is -0.458 e. The summed E-state index contributed by atoms with van der Waals surface area (Å²) in [5.41, 5.74) is 8.41. The lowest BCUT2D eigenvalue weighted by atomic mass is 9.62. The first-order chi connectivity index (χ1) is 15.5. The van der Waals surface area contributed by atoms with Crippen LogP contribution in [-0.4, -0.2) is 22.6 Å². The molecule has 5 rings (SSSR count). The van der Waals surface area contributed by atoms with Crippen LogP contribution in [0.3, 0.4) is 0 Å². The van der Waals surface area contributed by atoms with Crippen molar-refractivity contribution in [2.45, 2.75) is 83.1 Å². The molecular weight excluding hydrogens is 410 g/mol. The van der Waals surface area contributed by atoms with Gasteiger partial charge in [-0.1, -0.05) is 45.9 Å². The van der Waals surface area contributed by atoms with Gasteiger partial charge in [-0.3, -0.25) is 15.2 Å². The highest BCUT2D eigenvalue weighted by atomic mass is 16.5. The molecule has 1 aromatic carbocycles. The summed E-state index contributed by atoms with van der Waals surface area (Å²) in [6.45, 7) is 16.1. The van der Waals surface area contributed by atoms with Gasteiger partial charge >= 0.3 is 6.03 Å². The first kappa shape index (κ1) is 22.0. The zero-order valence-electron chi connectivity index (χ0n) is 20.5. The number of carbonyl (C=O) groups excluding carboxylic acids is 1. The molecule has 33 heavy (non-hydrogen) atoms. The number of pyridine rings is 1. The molecule has 0 spiro atoms. The van der Waals surface area contributed by atoms with Gasteiger partial charge in [0.05, 0.1) is 12.2 Å². The van der Waals surface area contributed by atoms with Crippen LogP contribution in [0.4, 0.5) is 4.79 Å². The van der Waals surface area contributed by atoms with Crippen LogP contribution in [0.2, 0.25) is 0 Å². The van der Waals surface area contributed by atoms with E-state index in [9.17, 15) is 4.79 Å². The second-order valence-electron chi connectivity index (χ2n) is 11.4. The average molecular weight is 446 g/mol. The third-order valence-corrected chi connectivity index (χ3v) is 8.08. The Morgan fingerprint density at radius 1 is 1.03 bits per heavy atom. The standard InChI is InChI=1S/C28H35N3O2/c1-18-13-22-23(27(5,6)10-9-26(22,3)4)14-21(18)28(11-12-28)24-8-7-20(15-29-24)16-31-17-33-19(2)30-25(31)32/h7-8,13-15H,2,9-12,16-17H2,1,3-6H3,(H,30,32). The molecule has 2 fully saturated rings. The maximum absolute atomic E-state index is 12.1. The first-order valence-corrected chi connectivity index (χ1v) is 12.0. The maximum atomic E-state index is 12.1. The Morgan fingerprint density at radius 3 is 2.27 bits per heavy atom. The summed E-state index contributed by atoms with van der Waals surface area (Å²) in [6, 6.07) is 9.03. The van der Waals surface area contributed by atoms with Crippen LogP contribution in [0.5, 0.6) is 0 Å². The van der Waals surface area contributed by atoms with E-state index < -0.39 is 0 Å². The van der Waals surface area contributed by atoms with Crippen molar-refractivity contribution in [3.05, 3.63) is 76.4 Å². The summed E-state index contributed by atoms with van der Waals surface area (Å²) < 4.78 is 5.35. The van der Waals surface area contributed by atoms with Crippen molar-refractivity contribution >= 4 is 6.03 Å². The van der Waals surface area contributed by atoms with Crippen LogP contribution in [-0.2, 0) is 27.5 Å². The van der Waals surface area contributed by atoms with E-state index in [4.69, 9.17) is 9.72 Å². The molecule has 174 valence electrons. The number of rotatable bonds is 4. The summed E-state index contributed by atoms with van der Waals surface area (Å²) >= 11 is 0. The lowest BCUT2D eigenvalue weighted by molar-refractivity contribution is 0.0524. The Hall–Kier alpha value is -2.82. The fourth-order valence-corrected chi connectivity index (χ4v) is 5.61. The van der Waals surface area contributed by atoms with Crippen molar-refractivity contribution in [1.29, 1.82) is 0 Å². The SMILES string of the molecule is C=C1NC(=O)N(Cc2ccc(C3(c4cc5c(cc4C)C(C)(C)CCC5(C)C)CC3)nc2)CO1. The Morgan fingerprint density at radius 2 is 1.70 bits per heavy atom. The zero-order valence-corrected chi connectivity index (χ0v) is 20.5. The number of fused-ring (bicyclic) bond motifs is 1. The number of urea groups is 1. The molecule has 1 saturated carbocycles. The monoisotopic (exact) mass is 445 g/mol. The summed E-state index contributed by atoms with van der Waals surface area (Å²) in [4.78, 5) is 18.6. The highest BCUT2D eigenvalue weighted by Gasteiger charge is 2.49. The Labute approximate surface area is 197 Å². The number of aromatic nitrogens is 1. The average Bonchev–Trinajstić information content (AvgIpc) is 3.56. The van der Waals surface area contributed by atoms with Gasteiger partial charge in [0.2, 0.25) is 0 Å². The fourth-order valence-electron chi connectivity index (χ4n) is 5.61. The predicted molar refractivity (Wildman–Crippen MR) is 130 cm³/mol. The van der Waals surface area contributed by atoms with Crippen molar-refractivity contribution in [3.63, 3.8) is 0 Å². The summed E-state index contributed by atoms with van der Waals surface area (Å²) in [5, 5.41) is 2.61. The van der Waals surface area contributed by atoms with Crippen LogP contribution >= 0.6 is 0 Å². The van der Waals surface area contributed by atoms with Gasteiger partial charge in [-0.2, -0.15) is 0 Å². The number of aryl methyl sites for hydroxylation is 1. The van der Waals surface area contributed by atoms with Crippen molar-refractivity contribution in [1.82, 2.24) is 15.2 Å². The van der Waals surface area contributed by atoms with Gasteiger partial charge < -0.3 is 4.74 Å². The van der Waals surface area contributed by atoms with Crippen molar-refractivity contribution < 1.29 is 9.53 Å². The molecule has 2 heterocycles. The van der Waals surface area contributed by atoms with Gasteiger partial charge in [0.25, 0.3) is 0 Å². The molecule has 2 aromatic rings. The van der Waals surface area contributed by atoms with E-state index in [-0.39, 0.29) is 29.0 Å². The predicted octanol–water partition coefficient (Wildman–Crippen LogP) is 5.79. The molecule has 0 atom stereocenters. The van der Waals surface area contributed by atoms with Gasteiger partial charge in [-0.15, -0.1) is 0 Å². The molecule has 3 aliphatic rings. The molecule has 2 aliphatic carbocycles. The molecule has 1 N–H and O–H groups in total. The van der Waals surface area contributed by atoms with E-state index in [0.29, 0.717) is 12.4 Å².